The van der Waals surface area contributed by atoms with E-state index in [1.165, 1.54) is 7.11 Å². The lowest BCUT2D eigenvalue weighted by atomic mass is 9.88. The number of nitrogens with zero attached hydrogens (tertiary/aromatic N) is 1. The number of alkyl carbamates (subject to hydrolysis) is 1. The Morgan fingerprint density at radius 2 is 2.10 bits per heavy atom. The second kappa shape index (κ2) is 8.47. The van der Waals surface area contributed by atoms with Gasteiger partial charge in [0, 0.05) is 25.2 Å². The first-order valence-corrected chi connectivity index (χ1v) is 7.76. The van der Waals surface area contributed by atoms with Gasteiger partial charge in [0.1, 0.15) is 0 Å². The lowest BCUT2D eigenvalue weighted by molar-refractivity contribution is 0.0632. The number of aliphatic hydroxyl groups excluding tert-OH is 1. The molecule has 1 heterocycles. The van der Waals surface area contributed by atoms with Crippen molar-refractivity contribution in [1.82, 2.24) is 10.2 Å². The molecular formula is C15H30N2O3. The van der Waals surface area contributed by atoms with Crippen LogP contribution in [0.3, 0.4) is 0 Å². The monoisotopic (exact) mass is 286 g/mol. The summed E-state index contributed by atoms with van der Waals surface area (Å²) in [6.45, 7) is 8.27. The summed E-state index contributed by atoms with van der Waals surface area (Å²) in [5.41, 5.74) is 0. The third-order valence-electron chi connectivity index (χ3n) is 4.36. The van der Waals surface area contributed by atoms with E-state index in [1.54, 1.807) is 0 Å². The molecule has 1 fully saturated rings. The number of amides is 1. The fourth-order valence-electron chi connectivity index (χ4n) is 2.91. The minimum Gasteiger partial charge on any atom is -0.453 e. The van der Waals surface area contributed by atoms with Gasteiger partial charge in [-0.15, -0.1) is 0 Å². The molecule has 0 bridgehead atoms. The van der Waals surface area contributed by atoms with E-state index in [-0.39, 0.29) is 18.2 Å². The van der Waals surface area contributed by atoms with E-state index < -0.39 is 0 Å². The minimum absolute atomic E-state index is 0.110. The van der Waals surface area contributed by atoms with E-state index in [0.717, 1.165) is 38.8 Å². The summed E-state index contributed by atoms with van der Waals surface area (Å²) in [6.07, 6.45) is 3.00. The maximum absolute atomic E-state index is 11.4. The van der Waals surface area contributed by atoms with E-state index in [9.17, 15) is 9.90 Å². The second-order valence-corrected chi connectivity index (χ2v) is 5.94. The number of ether oxygens (including phenoxy) is 1. The zero-order valence-electron chi connectivity index (χ0n) is 13.3. The molecule has 20 heavy (non-hydrogen) atoms. The summed E-state index contributed by atoms with van der Waals surface area (Å²) in [7, 11) is 1.39. The molecule has 118 valence electrons. The van der Waals surface area contributed by atoms with Crippen molar-refractivity contribution >= 4 is 6.09 Å². The van der Waals surface area contributed by atoms with E-state index >= 15 is 0 Å². The van der Waals surface area contributed by atoms with Crippen molar-refractivity contribution in [2.45, 2.75) is 64.6 Å². The Bertz CT molecular complexity index is 299. The predicted octanol–water partition coefficient (Wildman–Crippen LogP) is 1.99. The number of aliphatic hydroxyl groups is 1. The van der Waals surface area contributed by atoms with Gasteiger partial charge < -0.3 is 15.2 Å². The van der Waals surface area contributed by atoms with Crippen LogP contribution in [0.4, 0.5) is 4.79 Å². The zero-order valence-corrected chi connectivity index (χ0v) is 13.3. The topological polar surface area (TPSA) is 61.8 Å². The molecule has 0 aromatic carbocycles. The van der Waals surface area contributed by atoms with Gasteiger partial charge in [-0.25, -0.2) is 4.79 Å². The van der Waals surface area contributed by atoms with Crippen LogP contribution in [0.1, 0.15) is 46.5 Å². The van der Waals surface area contributed by atoms with Crippen LogP contribution in [-0.2, 0) is 4.74 Å². The first kappa shape index (κ1) is 17.2. The van der Waals surface area contributed by atoms with Gasteiger partial charge in [-0.1, -0.05) is 13.8 Å². The molecule has 1 rings (SSSR count). The van der Waals surface area contributed by atoms with Crippen LogP contribution in [0.2, 0.25) is 0 Å². The number of nitrogens with one attached hydrogen (secondary N) is 1. The summed E-state index contributed by atoms with van der Waals surface area (Å²) in [6, 6.07) is 0.609. The fourth-order valence-corrected chi connectivity index (χ4v) is 2.91. The fraction of sp³-hybridized carbons (Fsp3) is 0.933. The lowest BCUT2D eigenvalue weighted by Gasteiger charge is -2.41. The van der Waals surface area contributed by atoms with Crippen LogP contribution >= 0.6 is 0 Å². The van der Waals surface area contributed by atoms with Gasteiger partial charge in [0.05, 0.1) is 13.2 Å². The highest BCUT2D eigenvalue weighted by Gasteiger charge is 2.31. The van der Waals surface area contributed by atoms with Gasteiger partial charge in [0.25, 0.3) is 0 Å². The Kier molecular flexibility index (Phi) is 7.30. The average molecular weight is 286 g/mol. The molecule has 1 amide bonds. The smallest absolute Gasteiger partial charge is 0.407 e. The molecular weight excluding hydrogens is 256 g/mol. The van der Waals surface area contributed by atoms with Crippen LogP contribution in [0.25, 0.3) is 0 Å². The molecule has 4 unspecified atom stereocenters. The SMILES string of the molecule is CCC(O)CC1CC(NC(=O)OC)CN(C(C)CC)C1. The van der Waals surface area contributed by atoms with Crippen molar-refractivity contribution in [2.75, 3.05) is 20.2 Å². The van der Waals surface area contributed by atoms with Gasteiger partial charge >= 0.3 is 6.09 Å². The highest BCUT2D eigenvalue weighted by Crippen LogP contribution is 2.24. The first-order valence-electron chi connectivity index (χ1n) is 7.76. The average Bonchev–Trinajstić information content (AvgIpc) is 2.45. The maximum Gasteiger partial charge on any atom is 0.407 e. The molecule has 0 aromatic rings. The normalized spacial score (nSPS) is 26.9. The highest BCUT2D eigenvalue weighted by molar-refractivity contribution is 5.67. The first-order chi connectivity index (χ1) is 9.49. The molecule has 0 saturated carbocycles. The summed E-state index contributed by atoms with van der Waals surface area (Å²) in [5, 5.41) is 12.8. The number of likely N-dealkylation sites (tertiary alicyclic amines) is 1. The molecule has 5 heteroatoms. The van der Waals surface area contributed by atoms with Crippen LogP contribution in [0, 0.1) is 5.92 Å². The standard InChI is InChI=1S/C15H30N2O3/c1-5-11(3)17-9-12(8-14(18)6-2)7-13(10-17)16-15(19)20-4/h11-14,18H,5-10H2,1-4H3,(H,16,19). The number of rotatable bonds is 6. The molecule has 1 aliphatic heterocycles. The summed E-state index contributed by atoms with van der Waals surface area (Å²) >= 11 is 0. The van der Waals surface area contributed by atoms with Gasteiger partial charge in [-0.05, 0) is 38.5 Å². The Hall–Kier alpha value is -0.810. The van der Waals surface area contributed by atoms with Crippen LogP contribution in [0.15, 0.2) is 0 Å². The number of hydrogen-bond donors (Lipinski definition) is 2. The number of carbonyl (C=O) groups excluding carboxylic acids is 1. The Balaban J connectivity index is 2.64. The number of hydrogen-bond acceptors (Lipinski definition) is 4. The van der Waals surface area contributed by atoms with Gasteiger partial charge in [-0.2, -0.15) is 0 Å². The molecule has 4 atom stereocenters. The van der Waals surface area contributed by atoms with Crippen molar-refractivity contribution in [3.05, 3.63) is 0 Å². The van der Waals surface area contributed by atoms with Crippen molar-refractivity contribution < 1.29 is 14.6 Å². The van der Waals surface area contributed by atoms with Crippen LogP contribution in [-0.4, -0.2) is 54.5 Å². The minimum atomic E-state index is -0.365. The van der Waals surface area contributed by atoms with Gasteiger partial charge in [-0.3, -0.25) is 4.90 Å². The summed E-state index contributed by atoms with van der Waals surface area (Å²) in [5.74, 6) is 0.426. The number of carbonyl (C=O) groups is 1. The van der Waals surface area contributed by atoms with Crippen LogP contribution in [0.5, 0.6) is 0 Å². The van der Waals surface area contributed by atoms with Crippen LogP contribution < -0.4 is 5.32 Å². The van der Waals surface area contributed by atoms with E-state index in [0.29, 0.717) is 12.0 Å². The molecule has 1 aliphatic rings. The molecule has 5 nitrogen and oxygen atoms in total. The van der Waals surface area contributed by atoms with Gasteiger partial charge in [0.15, 0.2) is 0 Å². The lowest BCUT2D eigenvalue weighted by Crippen LogP contribution is -2.53. The predicted molar refractivity (Wildman–Crippen MR) is 79.7 cm³/mol. The second-order valence-electron chi connectivity index (χ2n) is 5.94. The third-order valence-corrected chi connectivity index (χ3v) is 4.36. The molecule has 0 aliphatic carbocycles. The molecule has 0 radical (unpaired) electrons. The summed E-state index contributed by atoms with van der Waals surface area (Å²) in [4.78, 5) is 13.8. The Labute approximate surface area is 122 Å². The molecule has 2 N–H and O–H groups in total. The maximum atomic E-state index is 11.4. The van der Waals surface area contributed by atoms with E-state index in [2.05, 4.69) is 24.1 Å². The van der Waals surface area contributed by atoms with Gasteiger partial charge in [0.2, 0.25) is 0 Å². The number of methoxy groups -OCH3 is 1. The van der Waals surface area contributed by atoms with E-state index in [1.807, 2.05) is 6.92 Å². The van der Waals surface area contributed by atoms with Crippen molar-refractivity contribution in [1.29, 1.82) is 0 Å². The molecule has 0 spiro atoms. The zero-order chi connectivity index (χ0) is 15.1. The van der Waals surface area contributed by atoms with Crippen molar-refractivity contribution in [2.24, 2.45) is 5.92 Å². The molecule has 0 aromatic heterocycles. The van der Waals surface area contributed by atoms with Crippen molar-refractivity contribution in [3.8, 4) is 0 Å². The third kappa shape index (κ3) is 5.29. The van der Waals surface area contributed by atoms with Crippen molar-refractivity contribution in [3.63, 3.8) is 0 Å². The number of piperidine rings is 1. The molecule has 1 saturated heterocycles. The van der Waals surface area contributed by atoms with E-state index in [4.69, 9.17) is 4.74 Å². The largest absolute Gasteiger partial charge is 0.453 e. The quantitative estimate of drug-likeness (QED) is 0.784. The summed E-state index contributed by atoms with van der Waals surface area (Å²) < 4.78 is 4.69. The highest BCUT2D eigenvalue weighted by atomic mass is 16.5. The Morgan fingerprint density at radius 3 is 2.65 bits per heavy atom. The Morgan fingerprint density at radius 1 is 1.40 bits per heavy atom.